The Balaban J connectivity index is 1.91. The van der Waals surface area contributed by atoms with Gasteiger partial charge < -0.3 is 15.0 Å². The van der Waals surface area contributed by atoms with Gasteiger partial charge in [-0.05, 0) is 56.2 Å². The average molecular weight is 375 g/mol. The van der Waals surface area contributed by atoms with Crippen molar-refractivity contribution in [1.82, 2.24) is 4.90 Å². The number of ether oxygens (including phenoxy) is 1. The van der Waals surface area contributed by atoms with E-state index in [-0.39, 0.29) is 25.0 Å². The minimum atomic E-state index is -0.277. The predicted molar refractivity (Wildman–Crippen MR) is 104 cm³/mol. The van der Waals surface area contributed by atoms with E-state index in [9.17, 15) is 9.59 Å². The zero-order chi connectivity index (χ0) is 19.1. The number of nitrogens with one attached hydrogen (secondary N) is 1. The lowest BCUT2D eigenvalue weighted by atomic mass is 10.2. The molecule has 6 heteroatoms. The fraction of sp³-hybridized carbons (Fsp3) is 0.300. The van der Waals surface area contributed by atoms with Gasteiger partial charge in [0.05, 0.1) is 6.54 Å². The molecule has 0 saturated heterocycles. The Morgan fingerprint density at radius 2 is 1.92 bits per heavy atom. The highest BCUT2D eigenvalue weighted by Gasteiger charge is 2.17. The molecule has 2 rings (SSSR count). The molecule has 0 aliphatic rings. The van der Waals surface area contributed by atoms with E-state index in [0.717, 1.165) is 11.1 Å². The third kappa shape index (κ3) is 5.77. The molecule has 0 aliphatic carbocycles. The van der Waals surface area contributed by atoms with Gasteiger partial charge in [-0.2, -0.15) is 0 Å². The third-order valence-corrected chi connectivity index (χ3v) is 4.13. The molecule has 0 radical (unpaired) electrons. The van der Waals surface area contributed by atoms with Crippen LogP contribution in [0.5, 0.6) is 5.75 Å². The number of nitrogens with zero attached hydrogens (tertiary/aromatic N) is 1. The number of carbonyl (C=O) groups excluding carboxylic acids is 2. The van der Waals surface area contributed by atoms with Crippen molar-refractivity contribution in [3.8, 4) is 5.75 Å². The summed E-state index contributed by atoms with van der Waals surface area (Å²) in [5.74, 6) is 0.113. The van der Waals surface area contributed by atoms with Crippen LogP contribution in [-0.4, -0.2) is 36.4 Å². The summed E-state index contributed by atoms with van der Waals surface area (Å²) in [6.07, 6.45) is 0. The normalized spacial score (nSPS) is 10.3. The summed E-state index contributed by atoms with van der Waals surface area (Å²) < 4.78 is 5.53. The van der Waals surface area contributed by atoms with Crippen molar-refractivity contribution < 1.29 is 14.3 Å². The number of rotatable bonds is 7. The number of hydrogen-bond donors (Lipinski definition) is 1. The molecule has 0 fully saturated rings. The molecule has 0 heterocycles. The van der Waals surface area contributed by atoms with Crippen LogP contribution in [0.1, 0.15) is 18.1 Å². The molecule has 0 atom stereocenters. The molecule has 26 heavy (non-hydrogen) atoms. The lowest BCUT2D eigenvalue weighted by molar-refractivity contribution is -0.136. The second kappa shape index (κ2) is 9.25. The highest BCUT2D eigenvalue weighted by atomic mass is 35.5. The van der Waals surface area contributed by atoms with Gasteiger partial charge in [-0.1, -0.05) is 29.8 Å². The van der Waals surface area contributed by atoms with Crippen molar-refractivity contribution in [2.75, 3.05) is 25.0 Å². The molecule has 2 aromatic carbocycles. The summed E-state index contributed by atoms with van der Waals surface area (Å²) in [6, 6.07) is 12.8. The number of aryl methyl sites for hydroxylation is 2. The van der Waals surface area contributed by atoms with Crippen LogP contribution in [0.25, 0.3) is 0 Å². The zero-order valence-corrected chi connectivity index (χ0v) is 16.0. The fourth-order valence-corrected chi connectivity index (χ4v) is 2.58. The number of halogens is 1. The van der Waals surface area contributed by atoms with Gasteiger partial charge in [-0.3, -0.25) is 9.59 Å². The summed E-state index contributed by atoms with van der Waals surface area (Å²) in [4.78, 5) is 26.1. The second-order valence-electron chi connectivity index (χ2n) is 6.02. The van der Waals surface area contributed by atoms with E-state index >= 15 is 0 Å². The van der Waals surface area contributed by atoms with Crippen LogP contribution < -0.4 is 10.1 Å². The van der Waals surface area contributed by atoms with Gasteiger partial charge in [-0.25, -0.2) is 0 Å². The average Bonchev–Trinajstić information content (AvgIpc) is 2.61. The van der Waals surface area contributed by atoms with Crippen LogP contribution in [0.15, 0.2) is 42.5 Å². The smallest absolute Gasteiger partial charge is 0.260 e. The Labute approximate surface area is 158 Å². The summed E-state index contributed by atoms with van der Waals surface area (Å²) >= 11 is 5.96. The number of likely N-dealkylation sites (N-methyl/N-ethyl adjacent to an activating group) is 1. The summed E-state index contributed by atoms with van der Waals surface area (Å²) in [6.45, 7) is 5.92. The van der Waals surface area contributed by atoms with Crippen molar-refractivity contribution >= 4 is 29.1 Å². The summed E-state index contributed by atoms with van der Waals surface area (Å²) in [5, 5.41) is 3.34. The largest absolute Gasteiger partial charge is 0.484 e. The van der Waals surface area contributed by atoms with Gasteiger partial charge in [0, 0.05) is 17.3 Å². The van der Waals surface area contributed by atoms with Crippen LogP contribution in [0.2, 0.25) is 5.02 Å². The maximum Gasteiger partial charge on any atom is 0.260 e. The van der Waals surface area contributed by atoms with Gasteiger partial charge >= 0.3 is 0 Å². The summed E-state index contributed by atoms with van der Waals surface area (Å²) in [5.41, 5.74) is 2.60. The van der Waals surface area contributed by atoms with E-state index in [1.165, 1.54) is 4.90 Å². The van der Waals surface area contributed by atoms with Crippen LogP contribution in [-0.2, 0) is 9.59 Å². The highest BCUT2D eigenvalue weighted by molar-refractivity contribution is 6.31. The quantitative estimate of drug-likeness (QED) is 0.801. The Morgan fingerprint density at radius 1 is 1.15 bits per heavy atom. The van der Waals surface area contributed by atoms with Crippen molar-refractivity contribution in [2.45, 2.75) is 20.8 Å². The highest BCUT2D eigenvalue weighted by Crippen LogP contribution is 2.20. The monoisotopic (exact) mass is 374 g/mol. The standard InChI is InChI=1S/C20H23ClN2O3/c1-4-23(20(25)13-26-17-7-5-6-14(2)10-17)12-19(24)22-18-11-16(21)9-8-15(18)3/h5-11H,4,12-13H2,1-3H3,(H,22,24). The molecule has 0 aliphatic heterocycles. The van der Waals surface area contributed by atoms with Crippen molar-refractivity contribution in [1.29, 1.82) is 0 Å². The van der Waals surface area contributed by atoms with Gasteiger partial charge in [0.15, 0.2) is 6.61 Å². The molecule has 0 spiro atoms. The van der Waals surface area contributed by atoms with Gasteiger partial charge in [-0.15, -0.1) is 0 Å². The first-order valence-electron chi connectivity index (χ1n) is 8.42. The van der Waals surface area contributed by atoms with E-state index < -0.39 is 0 Å². The molecule has 0 saturated carbocycles. The Kier molecular flexibility index (Phi) is 7.04. The molecular weight excluding hydrogens is 352 g/mol. The number of benzene rings is 2. The van der Waals surface area contributed by atoms with Gasteiger partial charge in [0.1, 0.15) is 5.75 Å². The van der Waals surface area contributed by atoms with Crippen molar-refractivity contribution in [2.24, 2.45) is 0 Å². The Hall–Kier alpha value is -2.53. The van der Waals surface area contributed by atoms with Crippen molar-refractivity contribution in [3.63, 3.8) is 0 Å². The van der Waals surface area contributed by atoms with E-state index in [4.69, 9.17) is 16.3 Å². The summed E-state index contributed by atoms with van der Waals surface area (Å²) in [7, 11) is 0. The fourth-order valence-electron chi connectivity index (χ4n) is 2.41. The van der Waals surface area contributed by atoms with Crippen LogP contribution in [0, 0.1) is 13.8 Å². The molecule has 138 valence electrons. The van der Waals surface area contributed by atoms with Gasteiger partial charge in [0.25, 0.3) is 5.91 Å². The van der Waals surface area contributed by atoms with Crippen molar-refractivity contribution in [3.05, 3.63) is 58.6 Å². The molecule has 1 N–H and O–H groups in total. The van der Waals surface area contributed by atoms with E-state index in [0.29, 0.717) is 23.0 Å². The molecule has 0 aromatic heterocycles. The van der Waals surface area contributed by atoms with Crippen LogP contribution in [0.3, 0.4) is 0 Å². The zero-order valence-electron chi connectivity index (χ0n) is 15.2. The third-order valence-electron chi connectivity index (χ3n) is 3.89. The topological polar surface area (TPSA) is 58.6 Å². The first-order valence-corrected chi connectivity index (χ1v) is 8.80. The SMILES string of the molecule is CCN(CC(=O)Nc1cc(Cl)ccc1C)C(=O)COc1cccc(C)c1. The maximum absolute atomic E-state index is 12.3. The first-order chi connectivity index (χ1) is 12.4. The van der Waals surface area contributed by atoms with Gasteiger partial charge in [0.2, 0.25) is 5.91 Å². The Bertz CT molecular complexity index is 792. The lowest BCUT2D eigenvalue weighted by Gasteiger charge is -2.21. The number of amides is 2. The number of carbonyl (C=O) groups is 2. The van der Waals surface area contributed by atoms with Crippen LogP contribution in [0.4, 0.5) is 5.69 Å². The molecule has 5 nitrogen and oxygen atoms in total. The van der Waals surface area contributed by atoms with E-state index in [1.807, 2.05) is 45.0 Å². The predicted octanol–water partition coefficient (Wildman–Crippen LogP) is 3.82. The number of hydrogen-bond acceptors (Lipinski definition) is 3. The number of anilines is 1. The second-order valence-corrected chi connectivity index (χ2v) is 6.46. The van der Waals surface area contributed by atoms with E-state index in [2.05, 4.69) is 5.32 Å². The molecule has 2 aromatic rings. The minimum absolute atomic E-state index is 0.0432. The lowest BCUT2D eigenvalue weighted by Crippen LogP contribution is -2.40. The molecule has 0 unspecified atom stereocenters. The molecule has 2 amide bonds. The van der Waals surface area contributed by atoms with Crippen LogP contribution >= 0.6 is 11.6 Å². The van der Waals surface area contributed by atoms with E-state index in [1.54, 1.807) is 18.2 Å². The molecular formula is C20H23ClN2O3. The maximum atomic E-state index is 12.3. The Morgan fingerprint density at radius 3 is 2.62 bits per heavy atom. The first kappa shape index (κ1) is 19.8. The minimum Gasteiger partial charge on any atom is -0.484 e. The molecule has 0 bridgehead atoms.